The number of benzene rings is 1. The van der Waals surface area contributed by atoms with Gasteiger partial charge >= 0.3 is 0 Å². The lowest BCUT2D eigenvalue weighted by Gasteiger charge is -2.28. The van der Waals surface area contributed by atoms with Gasteiger partial charge in [0.25, 0.3) is 0 Å². The lowest BCUT2D eigenvalue weighted by molar-refractivity contribution is 0.312. The second-order valence-electron chi connectivity index (χ2n) is 7.85. The van der Waals surface area contributed by atoms with Crippen LogP contribution in [-0.4, -0.2) is 45.5 Å². The Bertz CT molecular complexity index is 1020. The molecule has 1 fully saturated rings. The Morgan fingerprint density at radius 3 is 2.59 bits per heavy atom. The fourth-order valence-electron chi connectivity index (χ4n) is 4.22. The summed E-state index contributed by atoms with van der Waals surface area (Å²) < 4.78 is 2.30. The van der Waals surface area contributed by atoms with Crippen LogP contribution >= 0.6 is 11.8 Å². The molecule has 0 spiro atoms. The number of amidine groups is 1. The summed E-state index contributed by atoms with van der Waals surface area (Å²) in [6.07, 6.45) is 4.02. The Labute approximate surface area is 176 Å². The number of anilines is 1. The molecule has 3 aromatic rings. The first-order chi connectivity index (χ1) is 14.1. The molecular formula is C23H25N5S. The predicted molar refractivity (Wildman–Crippen MR) is 121 cm³/mol. The molecule has 0 N–H and O–H groups in total. The van der Waals surface area contributed by atoms with Crippen LogP contribution in [0.3, 0.4) is 0 Å². The van der Waals surface area contributed by atoms with Gasteiger partial charge in [-0.15, -0.1) is 0 Å². The predicted octanol–water partition coefficient (Wildman–Crippen LogP) is 4.53. The number of thioether (sulfide) groups is 1. The summed E-state index contributed by atoms with van der Waals surface area (Å²) in [5, 5.41) is 1.71. The van der Waals surface area contributed by atoms with Gasteiger partial charge in [0.2, 0.25) is 0 Å². The number of aromatic nitrogens is 2. The van der Waals surface area contributed by atoms with Crippen LogP contribution in [0.1, 0.15) is 30.4 Å². The van der Waals surface area contributed by atoms with E-state index in [9.17, 15) is 0 Å². The molecule has 0 aliphatic carbocycles. The quantitative estimate of drug-likeness (QED) is 0.641. The summed E-state index contributed by atoms with van der Waals surface area (Å²) in [6, 6.07) is 19.4. The Kier molecular flexibility index (Phi) is 4.59. The summed E-state index contributed by atoms with van der Waals surface area (Å²) in [5.41, 5.74) is 4.66. The fourth-order valence-corrected chi connectivity index (χ4v) is 5.31. The standard InChI is InChI=1S/C23H25N5S/c1-16-15-28-22(21(25-23(28)29-16)19-7-4-5-13-24-19)20-8-6-14-27(20)18-11-9-17(10-12-18)26(2)3/h4-14,16,21-22H,15H2,1-3H3/t16-,21+,22+/m1/s1. The molecule has 5 rings (SSSR count). The highest BCUT2D eigenvalue weighted by atomic mass is 32.2. The molecule has 4 heterocycles. The van der Waals surface area contributed by atoms with E-state index in [1.807, 2.05) is 24.0 Å². The van der Waals surface area contributed by atoms with Gasteiger partial charge in [-0.25, -0.2) is 0 Å². The summed E-state index contributed by atoms with van der Waals surface area (Å²) in [7, 11) is 4.13. The number of hydrogen-bond acceptors (Lipinski definition) is 5. The number of hydrogen-bond donors (Lipinski definition) is 0. The zero-order valence-electron chi connectivity index (χ0n) is 16.9. The minimum Gasteiger partial charge on any atom is -0.378 e. The zero-order chi connectivity index (χ0) is 20.0. The molecule has 0 amide bonds. The average Bonchev–Trinajstić information content (AvgIpc) is 3.42. The van der Waals surface area contributed by atoms with Crippen molar-refractivity contribution in [1.82, 2.24) is 14.5 Å². The lowest BCUT2D eigenvalue weighted by atomic mass is 10.0. The van der Waals surface area contributed by atoms with Crippen molar-refractivity contribution in [3.05, 3.63) is 78.4 Å². The molecular weight excluding hydrogens is 378 g/mol. The van der Waals surface area contributed by atoms with Gasteiger partial charge in [-0.1, -0.05) is 24.8 Å². The molecule has 29 heavy (non-hydrogen) atoms. The molecule has 1 aromatic carbocycles. The number of aliphatic imine (C=N–C) groups is 1. The van der Waals surface area contributed by atoms with E-state index < -0.39 is 0 Å². The van der Waals surface area contributed by atoms with Crippen molar-refractivity contribution in [2.24, 2.45) is 4.99 Å². The molecule has 0 unspecified atom stereocenters. The summed E-state index contributed by atoms with van der Waals surface area (Å²) in [6.45, 7) is 3.29. The molecule has 2 aliphatic rings. The minimum absolute atomic E-state index is 0.0147. The molecule has 148 valence electrons. The molecule has 3 atom stereocenters. The van der Waals surface area contributed by atoms with Gasteiger partial charge in [-0.05, 0) is 48.5 Å². The van der Waals surface area contributed by atoms with Crippen LogP contribution in [0.25, 0.3) is 5.69 Å². The van der Waals surface area contributed by atoms with Crippen molar-refractivity contribution in [3.8, 4) is 5.69 Å². The van der Waals surface area contributed by atoms with E-state index in [1.54, 1.807) is 0 Å². The van der Waals surface area contributed by atoms with Crippen LogP contribution in [0.15, 0.2) is 72.0 Å². The van der Waals surface area contributed by atoms with E-state index in [0.29, 0.717) is 5.25 Å². The zero-order valence-corrected chi connectivity index (χ0v) is 17.8. The van der Waals surface area contributed by atoms with E-state index in [0.717, 1.165) is 17.4 Å². The highest BCUT2D eigenvalue weighted by Gasteiger charge is 2.44. The first-order valence-electron chi connectivity index (χ1n) is 9.99. The minimum atomic E-state index is 0.0147. The van der Waals surface area contributed by atoms with Crippen molar-refractivity contribution < 1.29 is 0 Å². The number of rotatable bonds is 4. The first-order valence-corrected chi connectivity index (χ1v) is 10.9. The van der Waals surface area contributed by atoms with E-state index in [4.69, 9.17) is 4.99 Å². The third-order valence-electron chi connectivity index (χ3n) is 5.61. The fraction of sp³-hybridized carbons (Fsp3) is 0.304. The second kappa shape index (κ2) is 7.26. The maximum atomic E-state index is 5.10. The number of pyridine rings is 1. The monoisotopic (exact) mass is 403 g/mol. The van der Waals surface area contributed by atoms with Gasteiger partial charge in [-0.2, -0.15) is 0 Å². The van der Waals surface area contributed by atoms with Crippen molar-refractivity contribution in [2.75, 3.05) is 25.5 Å². The van der Waals surface area contributed by atoms with E-state index in [1.165, 1.54) is 17.1 Å². The summed E-state index contributed by atoms with van der Waals surface area (Å²) in [4.78, 5) is 14.3. The van der Waals surface area contributed by atoms with Crippen LogP contribution in [-0.2, 0) is 0 Å². The Morgan fingerprint density at radius 1 is 1.03 bits per heavy atom. The third kappa shape index (κ3) is 3.21. The second-order valence-corrected chi connectivity index (χ2v) is 9.26. The van der Waals surface area contributed by atoms with Crippen LogP contribution in [0.2, 0.25) is 0 Å². The van der Waals surface area contributed by atoms with Gasteiger partial charge in [0.05, 0.1) is 11.7 Å². The highest BCUT2D eigenvalue weighted by molar-refractivity contribution is 8.14. The van der Waals surface area contributed by atoms with E-state index in [-0.39, 0.29) is 12.1 Å². The summed E-state index contributed by atoms with van der Waals surface area (Å²) in [5.74, 6) is 0. The van der Waals surface area contributed by atoms with Gasteiger partial charge in [-0.3, -0.25) is 9.98 Å². The maximum Gasteiger partial charge on any atom is 0.160 e. The molecule has 5 nitrogen and oxygen atoms in total. The van der Waals surface area contributed by atoms with Crippen LogP contribution in [0, 0.1) is 0 Å². The van der Waals surface area contributed by atoms with Crippen molar-refractivity contribution in [3.63, 3.8) is 0 Å². The molecule has 0 bridgehead atoms. The maximum absolute atomic E-state index is 5.10. The largest absolute Gasteiger partial charge is 0.378 e. The summed E-state index contributed by atoms with van der Waals surface area (Å²) >= 11 is 1.88. The van der Waals surface area contributed by atoms with Gasteiger partial charge < -0.3 is 14.4 Å². The van der Waals surface area contributed by atoms with Crippen LogP contribution in [0.4, 0.5) is 5.69 Å². The SMILES string of the molecule is C[C@@H]1CN2C(=N[C@@H](c3ccccn3)[C@@H]2c2cccn2-c2ccc(N(C)C)cc2)S1. The van der Waals surface area contributed by atoms with Crippen LogP contribution < -0.4 is 4.90 Å². The van der Waals surface area contributed by atoms with Gasteiger partial charge in [0, 0.05) is 55.4 Å². The number of nitrogens with zero attached hydrogens (tertiary/aromatic N) is 5. The molecule has 1 saturated heterocycles. The Balaban J connectivity index is 1.56. The van der Waals surface area contributed by atoms with E-state index in [2.05, 4.69) is 95.1 Å². The van der Waals surface area contributed by atoms with Crippen molar-refractivity contribution in [2.45, 2.75) is 24.3 Å². The topological polar surface area (TPSA) is 36.7 Å². The highest BCUT2D eigenvalue weighted by Crippen LogP contribution is 2.47. The molecule has 2 aliphatic heterocycles. The van der Waals surface area contributed by atoms with Crippen molar-refractivity contribution in [1.29, 1.82) is 0 Å². The molecule has 0 saturated carbocycles. The normalized spacial score (nSPS) is 23.2. The molecule has 2 aromatic heterocycles. The first kappa shape index (κ1) is 18.3. The smallest absolute Gasteiger partial charge is 0.160 e. The van der Waals surface area contributed by atoms with Gasteiger partial charge in [0.1, 0.15) is 6.04 Å². The molecule has 0 radical (unpaired) electrons. The Morgan fingerprint density at radius 2 is 1.86 bits per heavy atom. The Hall–Kier alpha value is -2.73. The number of fused-ring (bicyclic) bond motifs is 1. The molecule has 6 heteroatoms. The average molecular weight is 404 g/mol. The van der Waals surface area contributed by atoms with E-state index >= 15 is 0 Å². The lowest BCUT2D eigenvalue weighted by Crippen LogP contribution is -2.30. The van der Waals surface area contributed by atoms with Gasteiger partial charge in [0.15, 0.2) is 5.17 Å². The van der Waals surface area contributed by atoms with Crippen molar-refractivity contribution >= 4 is 22.6 Å². The third-order valence-corrected chi connectivity index (χ3v) is 6.71. The van der Waals surface area contributed by atoms with Crippen LogP contribution in [0.5, 0.6) is 0 Å².